The molecule has 6 heteroatoms. The predicted molar refractivity (Wildman–Crippen MR) is 90.5 cm³/mol. The van der Waals surface area contributed by atoms with E-state index in [4.69, 9.17) is 11.6 Å². The Balaban J connectivity index is 2.82. The van der Waals surface area contributed by atoms with Crippen molar-refractivity contribution in [3.8, 4) is 0 Å². The summed E-state index contributed by atoms with van der Waals surface area (Å²) in [6, 6.07) is 3.23. The smallest absolute Gasteiger partial charge is 0.251 e. The van der Waals surface area contributed by atoms with Gasteiger partial charge in [0.2, 0.25) is 0 Å². The van der Waals surface area contributed by atoms with Crippen LogP contribution in [0.1, 0.15) is 38.1 Å². The third-order valence-corrected chi connectivity index (χ3v) is 3.83. The van der Waals surface area contributed by atoms with Crippen LogP contribution in [0.2, 0.25) is 5.15 Å². The lowest BCUT2D eigenvalue weighted by Gasteiger charge is -2.33. The summed E-state index contributed by atoms with van der Waals surface area (Å²) in [5.74, 6) is 0.526. The lowest BCUT2D eigenvalue weighted by Crippen LogP contribution is -2.43. The number of aliphatic hydroxyl groups excluding tert-OH is 1. The Hall–Kier alpha value is -1.33. The number of carbonyl (C=O) groups excluding carboxylic acids is 1. The van der Waals surface area contributed by atoms with Gasteiger partial charge in [0.15, 0.2) is 0 Å². The van der Waals surface area contributed by atoms with E-state index < -0.39 is 11.5 Å². The predicted octanol–water partition coefficient (Wildman–Crippen LogP) is 2.57. The number of aliphatic hydroxyl groups is 1. The van der Waals surface area contributed by atoms with E-state index in [1.165, 1.54) is 6.07 Å². The lowest BCUT2D eigenvalue weighted by atomic mass is 9.80. The largest absolute Gasteiger partial charge is 0.392 e. The van der Waals surface area contributed by atoms with Crippen molar-refractivity contribution in [3.05, 3.63) is 22.8 Å². The van der Waals surface area contributed by atoms with Crippen LogP contribution in [0.15, 0.2) is 12.1 Å². The average molecular weight is 328 g/mol. The van der Waals surface area contributed by atoms with Gasteiger partial charge in [-0.25, -0.2) is 4.98 Å². The maximum absolute atomic E-state index is 12.3. The molecule has 0 aliphatic heterocycles. The number of carbonyl (C=O) groups is 1. The highest BCUT2D eigenvalue weighted by molar-refractivity contribution is 6.29. The Morgan fingerprint density at radius 3 is 2.50 bits per heavy atom. The summed E-state index contributed by atoms with van der Waals surface area (Å²) < 4.78 is 0. The van der Waals surface area contributed by atoms with Crippen LogP contribution in [-0.4, -0.2) is 42.7 Å². The number of amides is 1. The molecular formula is C16H26ClN3O2. The molecule has 1 amide bonds. The summed E-state index contributed by atoms with van der Waals surface area (Å²) in [7, 11) is 3.67. The molecule has 0 spiro atoms. The Kier molecular flexibility index (Phi) is 6.20. The Bertz CT molecular complexity index is 530. The van der Waals surface area contributed by atoms with Crippen molar-refractivity contribution in [2.24, 2.45) is 11.3 Å². The van der Waals surface area contributed by atoms with Crippen molar-refractivity contribution >= 4 is 23.3 Å². The van der Waals surface area contributed by atoms with E-state index in [2.05, 4.69) is 10.3 Å². The third kappa shape index (κ3) is 4.85. The van der Waals surface area contributed by atoms with Crippen LogP contribution < -0.4 is 10.2 Å². The van der Waals surface area contributed by atoms with Gasteiger partial charge >= 0.3 is 0 Å². The minimum Gasteiger partial charge on any atom is -0.392 e. The van der Waals surface area contributed by atoms with E-state index in [9.17, 15) is 9.90 Å². The molecule has 1 unspecified atom stereocenters. The molecule has 0 aliphatic rings. The fourth-order valence-electron chi connectivity index (χ4n) is 2.26. The first-order chi connectivity index (χ1) is 10.0. The fraction of sp³-hybridized carbons (Fsp3) is 0.625. The van der Waals surface area contributed by atoms with E-state index in [1.807, 2.05) is 41.8 Å². The molecule has 0 saturated carbocycles. The van der Waals surface area contributed by atoms with Crippen LogP contribution in [0.25, 0.3) is 0 Å². The third-order valence-electron chi connectivity index (χ3n) is 3.64. The molecule has 0 saturated heterocycles. The van der Waals surface area contributed by atoms with Crippen LogP contribution in [0, 0.1) is 11.3 Å². The maximum Gasteiger partial charge on any atom is 0.251 e. The SMILES string of the molecule is CC(C)C(O)C(C)(C)CNC(=O)c1cc(Cl)nc(N(C)C)c1. The van der Waals surface area contributed by atoms with Gasteiger partial charge in [-0.2, -0.15) is 0 Å². The molecular weight excluding hydrogens is 302 g/mol. The van der Waals surface area contributed by atoms with Crippen LogP contribution in [0.5, 0.6) is 0 Å². The number of nitrogens with zero attached hydrogens (tertiary/aromatic N) is 2. The molecule has 124 valence electrons. The normalized spacial score (nSPS) is 13.1. The zero-order valence-corrected chi connectivity index (χ0v) is 14.9. The molecule has 1 aromatic rings. The van der Waals surface area contributed by atoms with Gasteiger partial charge in [-0.3, -0.25) is 4.79 Å². The highest BCUT2D eigenvalue weighted by atomic mass is 35.5. The highest BCUT2D eigenvalue weighted by Gasteiger charge is 2.30. The van der Waals surface area contributed by atoms with Crippen LogP contribution in [0.4, 0.5) is 5.82 Å². The summed E-state index contributed by atoms with van der Waals surface area (Å²) in [5, 5.41) is 13.3. The van der Waals surface area contributed by atoms with E-state index in [-0.39, 0.29) is 17.0 Å². The summed E-state index contributed by atoms with van der Waals surface area (Å²) in [5.41, 5.74) is 0.0453. The minimum absolute atomic E-state index is 0.127. The second-order valence-corrected chi connectivity index (χ2v) is 7.18. The van der Waals surface area contributed by atoms with Crippen LogP contribution in [-0.2, 0) is 0 Å². The molecule has 5 nitrogen and oxygen atoms in total. The quantitative estimate of drug-likeness (QED) is 0.788. The maximum atomic E-state index is 12.3. The van der Waals surface area contributed by atoms with Gasteiger partial charge < -0.3 is 15.3 Å². The average Bonchev–Trinajstić information content (AvgIpc) is 2.43. The molecule has 2 N–H and O–H groups in total. The van der Waals surface area contributed by atoms with Gasteiger partial charge in [0, 0.05) is 31.6 Å². The van der Waals surface area contributed by atoms with E-state index in [0.717, 1.165) is 0 Å². The second-order valence-electron chi connectivity index (χ2n) is 6.79. The van der Waals surface area contributed by atoms with Gasteiger partial charge in [0.1, 0.15) is 11.0 Å². The minimum atomic E-state index is -0.494. The summed E-state index contributed by atoms with van der Waals surface area (Å²) in [6.07, 6.45) is -0.494. The molecule has 0 fully saturated rings. The number of hydrogen-bond donors (Lipinski definition) is 2. The summed E-state index contributed by atoms with van der Waals surface area (Å²) in [4.78, 5) is 18.2. The zero-order chi connectivity index (χ0) is 17.1. The molecule has 0 bridgehead atoms. The van der Waals surface area contributed by atoms with Crippen molar-refractivity contribution in [2.45, 2.75) is 33.8 Å². The Morgan fingerprint density at radius 2 is 2.00 bits per heavy atom. The summed E-state index contributed by atoms with van der Waals surface area (Å²) in [6.45, 7) is 8.16. The fourth-order valence-corrected chi connectivity index (χ4v) is 2.46. The first-order valence-electron chi connectivity index (χ1n) is 7.36. The van der Waals surface area contributed by atoms with Crippen molar-refractivity contribution in [1.82, 2.24) is 10.3 Å². The van der Waals surface area contributed by atoms with E-state index in [0.29, 0.717) is 17.9 Å². The van der Waals surface area contributed by atoms with Gasteiger partial charge in [0.05, 0.1) is 6.10 Å². The van der Waals surface area contributed by atoms with Gasteiger partial charge in [-0.05, 0) is 18.1 Å². The van der Waals surface area contributed by atoms with Crippen molar-refractivity contribution in [3.63, 3.8) is 0 Å². The number of pyridine rings is 1. The van der Waals surface area contributed by atoms with Crippen molar-refractivity contribution < 1.29 is 9.90 Å². The number of rotatable bonds is 6. The number of aromatic nitrogens is 1. The molecule has 1 heterocycles. The number of hydrogen-bond acceptors (Lipinski definition) is 4. The number of halogens is 1. The van der Waals surface area contributed by atoms with E-state index in [1.54, 1.807) is 11.0 Å². The lowest BCUT2D eigenvalue weighted by molar-refractivity contribution is 0.0138. The highest BCUT2D eigenvalue weighted by Crippen LogP contribution is 2.25. The zero-order valence-electron chi connectivity index (χ0n) is 14.1. The van der Waals surface area contributed by atoms with E-state index >= 15 is 0 Å². The molecule has 1 rings (SSSR count). The molecule has 1 aromatic heterocycles. The second kappa shape index (κ2) is 7.29. The Morgan fingerprint density at radius 1 is 1.41 bits per heavy atom. The van der Waals surface area contributed by atoms with Gasteiger partial charge in [-0.1, -0.05) is 39.3 Å². The first kappa shape index (κ1) is 18.7. The van der Waals surface area contributed by atoms with Crippen LogP contribution in [0.3, 0.4) is 0 Å². The van der Waals surface area contributed by atoms with Gasteiger partial charge in [-0.15, -0.1) is 0 Å². The van der Waals surface area contributed by atoms with Crippen molar-refractivity contribution in [2.75, 3.05) is 25.5 Å². The monoisotopic (exact) mass is 327 g/mol. The number of nitrogens with one attached hydrogen (secondary N) is 1. The summed E-state index contributed by atoms with van der Waals surface area (Å²) >= 11 is 5.96. The van der Waals surface area contributed by atoms with Crippen molar-refractivity contribution in [1.29, 1.82) is 0 Å². The number of anilines is 1. The van der Waals surface area contributed by atoms with Gasteiger partial charge in [0.25, 0.3) is 5.91 Å². The molecule has 0 aromatic carbocycles. The first-order valence-corrected chi connectivity index (χ1v) is 7.73. The molecule has 1 atom stereocenters. The molecule has 0 aliphatic carbocycles. The molecule has 0 radical (unpaired) electrons. The Labute approximate surface area is 137 Å². The topological polar surface area (TPSA) is 65.5 Å². The molecule has 22 heavy (non-hydrogen) atoms. The standard InChI is InChI=1S/C16H26ClN3O2/c1-10(2)14(21)16(3,4)9-18-15(22)11-7-12(17)19-13(8-11)20(5)6/h7-8,10,14,21H,9H2,1-6H3,(H,18,22). The van der Waals surface area contributed by atoms with Crippen LogP contribution >= 0.6 is 11.6 Å².